The molecule has 1 unspecified atom stereocenters. The molecule has 1 atom stereocenters. The zero-order valence-electron chi connectivity index (χ0n) is 12.2. The van der Waals surface area contributed by atoms with E-state index in [1.54, 1.807) is 0 Å². The van der Waals surface area contributed by atoms with E-state index >= 15 is 0 Å². The second-order valence-electron chi connectivity index (χ2n) is 5.50. The molecule has 1 aliphatic heterocycles. The van der Waals surface area contributed by atoms with E-state index in [1.165, 1.54) is 12.8 Å². The van der Waals surface area contributed by atoms with Gasteiger partial charge in [0.05, 0.1) is 6.10 Å². The molecule has 4 nitrogen and oxygen atoms in total. The van der Waals surface area contributed by atoms with Gasteiger partial charge in [-0.2, -0.15) is 0 Å². The number of pyridine rings is 1. The Balaban J connectivity index is 2.11. The number of hydrogen-bond acceptors (Lipinski definition) is 4. The summed E-state index contributed by atoms with van der Waals surface area (Å²) >= 11 is 0. The number of rotatable bonds is 5. The average Bonchev–Trinajstić information content (AvgIpc) is 2.39. The van der Waals surface area contributed by atoms with Crippen molar-refractivity contribution in [3.63, 3.8) is 0 Å². The molecule has 0 aromatic carbocycles. The van der Waals surface area contributed by atoms with Gasteiger partial charge in [0.1, 0.15) is 0 Å². The molecule has 1 aromatic heterocycles. The molecule has 0 bridgehead atoms. The molecule has 0 aliphatic carbocycles. The second-order valence-corrected chi connectivity index (χ2v) is 5.50. The number of anilines is 1. The number of ether oxygens (including phenoxy) is 1. The first-order valence-corrected chi connectivity index (χ1v) is 7.22. The molecule has 4 heteroatoms. The van der Waals surface area contributed by atoms with Crippen molar-refractivity contribution in [2.45, 2.75) is 32.8 Å². The maximum Gasteiger partial charge on any atom is 0.171 e. The first-order chi connectivity index (χ1) is 9.20. The summed E-state index contributed by atoms with van der Waals surface area (Å²) in [5, 5.41) is 3.28. The molecular formula is C15H25N3O. The number of nitrogens with zero attached hydrogens (tertiary/aromatic N) is 2. The van der Waals surface area contributed by atoms with Gasteiger partial charge in [0.25, 0.3) is 0 Å². The number of piperidine rings is 1. The molecular weight excluding hydrogens is 238 g/mol. The van der Waals surface area contributed by atoms with Crippen LogP contribution in [0.15, 0.2) is 18.3 Å². The minimum atomic E-state index is 0.181. The van der Waals surface area contributed by atoms with E-state index in [0.717, 1.165) is 31.2 Å². The molecule has 2 heterocycles. The number of nitrogens with one attached hydrogen (secondary N) is 1. The second kappa shape index (κ2) is 6.75. The molecule has 1 fully saturated rings. The normalized spacial score (nSPS) is 19.8. The summed E-state index contributed by atoms with van der Waals surface area (Å²) < 4.78 is 5.87. The summed E-state index contributed by atoms with van der Waals surface area (Å²) in [6.07, 6.45) is 4.56. The van der Waals surface area contributed by atoms with Gasteiger partial charge in [0, 0.05) is 19.3 Å². The van der Waals surface area contributed by atoms with Crippen molar-refractivity contribution in [2.24, 2.45) is 5.92 Å². The fraction of sp³-hybridized carbons (Fsp3) is 0.667. The predicted octanol–water partition coefficient (Wildman–Crippen LogP) is 2.30. The fourth-order valence-electron chi connectivity index (χ4n) is 2.68. The van der Waals surface area contributed by atoms with Gasteiger partial charge in [-0.1, -0.05) is 0 Å². The maximum absolute atomic E-state index is 5.87. The molecule has 0 saturated carbocycles. The Morgan fingerprint density at radius 3 is 3.11 bits per heavy atom. The van der Waals surface area contributed by atoms with Crippen molar-refractivity contribution >= 4 is 5.82 Å². The molecule has 1 aliphatic rings. The van der Waals surface area contributed by atoms with Gasteiger partial charge < -0.3 is 15.0 Å². The lowest BCUT2D eigenvalue weighted by atomic mass is 9.98. The van der Waals surface area contributed by atoms with Crippen molar-refractivity contribution in [3.8, 4) is 5.75 Å². The van der Waals surface area contributed by atoms with Gasteiger partial charge in [0.15, 0.2) is 11.6 Å². The Hall–Kier alpha value is -1.29. The number of aromatic nitrogens is 1. The van der Waals surface area contributed by atoms with Gasteiger partial charge in [-0.05, 0) is 58.3 Å². The highest BCUT2D eigenvalue weighted by atomic mass is 16.5. The van der Waals surface area contributed by atoms with Gasteiger partial charge in [0.2, 0.25) is 0 Å². The van der Waals surface area contributed by atoms with Crippen LogP contribution >= 0.6 is 0 Å². The van der Waals surface area contributed by atoms with Crippen LogP contribution in [-0.4, -0.2) is 37.8 Å². The minimum Gasteiger partial charge on any atom is -0.487 e. The van der Waals surface area contributed by atoms with Crippen molar-refractivity contribution in [2.75, 3.05) is 31.6 Å². The van der Waals surface area contributed by atoms with Crippen LogP contribution in [-0.2, 0) is 0 Å². The molecule has 0 amide bonds. The van der Waals surface area contributed by atoms with Crippen LogP contribution in [0.2, 0.25) is 0 Å². The van der Waals surface area contributed by atoms with E-state index in [9.17, 15) is 0 Å². The van der Waals surface area contributed by atoms with Crippen molar-refractivity contribution < 1.29 is 4.74 Å². The first kappa shape index (κ1) is 14.1. The Morgan fingerprint density at radius 2 is 2.37 bits per heavy atom. The average molecular weight is 263 g/mol. The van der Waals surface area contributed by atoms with Crippen molar-refractivity contribution in [1.29, 1.82) is 0 Å². The third kappa shape index (κ3) is 3.83. The highest BCUT2D eigenvalue weighted by molar-refractivity contribution is 5.52. The van der Waals surface area contributed by atoms with Crippen LogP contribution < -0.4 is 15.0 Å². The Bertz CT molecular complexity index is 393. The van der Waals surface area contributed by atoms with Crippen molar-refractivity contribution in [1.82, 2.24) is 10.3 Å². The third-order valence-electron chi connectivity index (χ3n) is 3.42. The lowest BCUT2D eigenvalue weighted by molar-refractivity contribution is 0.241. The van der Waals surface area contributed by atoms with E-state index in [1.807, 2.05) is 25.4 Å². The molecule has 106 valence electrons. The van der Waals surface area contributed by atoms with Crippen LogP contribution in [0.25, 0.3) is 0 Å². The molecule has 1 saturated heterocycles. The summed E-state index contributed by atoms with van der Waals surface area (Å²) in [4.78, 5) is 6.89. The summed E-state index contributed by atoms with van der Waals surface area (Å²) in [6, 6.07) is 3.96. The molecule has 1 aromatic rings. The Morgan fingerprint density at radius 1 is 1.53 bits per heavy atom. The lowest BCUT2D eigenvalue weighted by Crippen LogP contribution is -2.39. The van der Waals surface area contributed by atoms with Crippen LogP contribution in [0.4, 0.5) is 5.82 Å². The SMILES string of the molecule is CNCC1CCCN(c2ncccc2OC(C)C)C1. The molecule has 0 spiro atoms. The summed E-state index contributed by atoms with van der Waals surface area (Å²) in [7, 11) is 2.02. The lowest BCUT2D eigenvalue weighted by Gasteiger charge is -2.34. The van der Waals surface area contributed by atoms with Gasteiger partial charge in [-0.25, -0.2) is 4.98 Å². The zero-order valence-corrected chi connectivity index (χ0v) is 12.2. The predicted molar refractivity (Wildman–Crippen MR) is 78.9 cm³/mol. The monoisotopic (exact) mass is 263 g/mol. The summed E-state index contributed by atoms with van der Waals surface area (Å²) in [5.74, 6) is 2.60. The smallest absolute Gasteiger partial charge is 0.171 e. The zero-order chi connectivity index (χ0) is 13.7. The standard InChI is InChI=1S/C15H25N3O/c1-12(2)19-14-7-4-8-17-15(14)18-9-5-6-13(11-18)10-16-3/h4,7-8,12-13,16H,5-6,9-11H2,1-3H3. The minimum absolute atomic E-state index is 0.181. The van der Waals surface area contributed by atoms with E-state index in [-0.39, 0.29) is 6.10 Å². The van der Waals surface area contributed by atoms with Gasteiger partial charge in [-0.15, -0.1) is 0 Å². The van der Waals surface area contributed by atoms with Crippen molar-refractivity contribution in [3.05, 3.63) is 18.3 Å². The number of hydrogen-bond donors (Lipinski definition) is 1. The highest BCUT2D eigenvalue weighted by Gasteiger charge is 2.22. The Kier molecular flexibility index (Phi) is 5.02. The third-order valence-corrected chi connectivity index (χ3v) is 3.42. The van der Waals surface area contributed by atoms with Crippen LogP contribution in [0.1, 0.15) is 26.7 Å². The van der Waals surface area contributed by atoms with E-state index < -0.39 is 0 Å². The van der Waals surface area contributed by atoms with E-state index in [0.29, 0.717) is 5.92 Å². The quantitative estimate of drug-likeness (QED) is 0.884. The largest absolute Gasteiger partial charge is 0.487 e. The summed E-state index contributed by atoms with van der Waals surface area (Å²) in [6.45, 7) is 7.31. The molecule has 0 radical (unpaired) electrons. The van der Waals surface area contributed by atoms with E-state index in [4.69, 9.17) is 4.74 Å². The van der Waals surface area contributed by atoms with Crippen LogP contribution in [0, 0.1) is 5.92 Å². The first-order valence-electron chi connectivity index (χ1n) is 7.22. The topological polar surface area (TPSA) is 37.4 Å². The van der Waals surface area contributed by atoms with Gasteiger partial charge >= 0.3 is 0 Å². The Labute approximate surface area is 116 Å². The van der Waals surface area contributed by atoms with Gasteiger partial charge in [-0.3, -0.25) is 0 Å². The highest BCUT2D eigenvalue weighted by Crippen LogP contribution is 2.29. The van der Waals surface area contributed by atoms with Crippen LogP contribution in [0.5, 0.6) is 5.75 Å². The van der Waals surface area contributed by atoms with E-state index in [2.05, 4.69) is 29.0 Å². The van der Waals surface area contributed by atoms with Crippen LogP contribution in [0.3, 0.4) is 0 Å². The maximum atomic E-state index is 5.87. The fourth-order valence-corrected chi connectivity index (χ4v) is 2.68. The summed E-state index contributed by atoms with van der Waals surface area (Å²) in [5.41, 5.74) is 0. The molecule has 19 heavy (non-hydrogen) atoms. The molecule has 1 N–H and O–H groups in total. The molecule has 2 rings (SSSR count).